The average Bonchev–Trinajstić information content (AvgIpc) is 3.53. The summed E-state index contributed by atoms with van der Waals surface area (Å²) in [5, 5.41) is 1.26. The zero-order chi connectivity index (χ0) is 20.5. The average molecular weight is 405 g/mol. The van der Waals surface area contributed by atoms with Crippen LogP contribution in [0.2, 0.25) is 0 Å². The Balaban J connectivity index is 1.43. The number of ether oxygens (including phenoxy) is 2. The molecule has 5 nitrogen and oxygen atoms in total. The van der Waals surface area contributed by atoms with Gasteiger partial charge < -0.3 is 19.4 Å². The third-order valence-electron chi connectivity index (χ3n) is 6.49. The van der Waals surface area contributed by atoms with E-state index in [4.69, 9.17) is 9.47 Å². The number of methoxy groups -OCH3 is 1. The fourth-order valence-corrected chi connectivity index (χ4v) is 4.57. The number of rotatable bonds is 8. The Hall–Kier alpha value is -2.95. The van der Waals surface area contributed by atoms with Crippen LogP contribution in [0.1, 0.15) is 42.0 Å². The largest absolute Gasteiger partial charge is 0.493 e. The smallest absolute Gasteiger partial charge is 0.210 e. The van der Waals surface area contributed by atoms with Crippen molar-refractivity contribution >= 4 is 17.3 Å². The first-order chi connectivity index (χ1) is 14.8. The SMILES string of the molecule is COc1cc2c(cc1OCC1CC1)[C@H](CCc1c[nH]c3ccccc13)N(C=O)CC2. The van der Waals surface area contributed by atoms with Crippen LogP contribution in [0.25, 0.3) is 10.9 Å². The number of nitrogens with one attached hydrogen (secondary N) is 1. The molecule has 1 amide bonds. The molecule has 156 valence electrons. The number of aromatic nitrogens is 1. The second-order valence-electron chi connectivity index (χ2n) is 8.46. The van der Waals surface area contributed by atoms with Gasteiger partial charge in [0.2, 0.25) is 6.41 Å². The molecule has 1 atom stereocenters. The Morgan fingerprint density at radius 2 is 2.07 bits per heavy atom. The molecule has 2 aromatic carbocycles. The van der Waals surface area contributed by atoms with E-state index >= 15 is 0 Å². The minimum atomic E-state index is 0.0501. The van der Waals surface area contributed by atoms with Gasteiger partial charge in [0.1, 0.15) is 0 Å². The third kappa shape index (κ3) is 3.64. The molecule has 0 radical (unpaired) electrons. The van der Waals surface area contributed by atoms with Crippen LogP contribution >= 0.6 is 0 Å². The lowest BCUT2D eigenvalue weighted by atomic mass is 9.88. The normalized spacial score (nSPS) is 18.3. The fraction of sp³-hybridized carbons (Fsp3) is 0.400. The molecule has 0 spiro atoms. The van der Waals surface area contributed by atoms with Gasteiger partial charge in [-0.3, -0.25) is 4.79 Å². The Morgan fingerprint density at radius 1 is 1.20 bits per heavy atom. The first kappa shape index (κ1) is 19.0. The molecule has 5 heteroatoms. The van der Waals surface area contributed by atoms with Crippen molar-refractivity contribution in [1.82, 2.24) is 9.88 Å². The highest BCUT2D eigenvalue weighted by Crippen LogP contribution is 2.40. The summed E-state index contributed by atoms with van der Waals surface area (Å²) < 4.78 is 11.7. The predicted molar refractivity (Wildman–Crippen MR) is 117 cm³/mol. The van der Waals surface area contributed by atoms with E-state index in [1.165, 1.54) is 34.9 Å². The van der Waals surface area contributed by atoms with Gasteiger partial charge in [0.15, 0.2) is 11.5 Å². The zero-order valence-corrected chi connectivity index (χ0v) is 17.4. The van der Waals surface area contributed by atoms with Crippen LogP contribution < -0.4 is 9.47 Å². The fourth-order valence-electron chi connectivity index (χ4n) is 4.57. The second kappa shape index (κ2) is 8.05. The minimum Gasteiger partial charge on any atom is -0.493 e. The van der Waals surface area contributed by atoms with Gasteiger partial charge in [-0.05, 0) is 72.9 Å². The summed E-state index contributed by atoms with van der Waals surface area (Å²) in [5.41, 5.74) is 4.90. The molecule has 0 saturated heterocycles. The maximum Gasteiger partial charge on any atom is 0.210 e. The van der Waals surface area contributed by atoms with Crippen molar-refractivity contribution in [1.29, 1.82) is 0 Å². The number of aromatic amines is 1. The molecule has 0 unspecified atom stereocenters. The first-order valence-corrected chi connectivity index (χ1v) is 10.9. The number of benzene rings is 2. The first-order valence-electron chi connectivity index (χ1n) is 10.9. The monoisotopic (exact) mass is 404 g/mol. The summed E-state index contributed by atoms with van der Waals surface area (Å²) in [7, 11) is 1.70. The summed E-state index contributed by atoms with van der Waals surface area (Å²) in [6.07, 6.45) is 8.22. The summed E-state index contributed by atoms with van der Waals surface area (Å²) in [5.74, 6) is 2.27. The van der Waals surface area contributed by atoms with Crippen LogP contribution in [-0.2, 0) is 17.6 Å². The molecule has 1 saturated carbocycles. The van der Waals surface area contributed by atoms with Crippen molar-refractivity contribution in [3.05, 3.63) is 59.3 Å². The van der Waals surface area contributed by atoms with Gasteiger partial charge in [0.05, 0.1) is 19.8 Å². The second-order valence-corrected chi connectivity index (χ2v) is 8.46. The highest BCUT2D eigenvalue weighted by Gasteiger charge is 2.29. The molecule has 0 bridgehead atoms. The lowest BCUT2D eigenvalue weighted by Crippen LogP contribution is -2.34. The van der Waals surface area contributed by atoms with Crippen molar-refractivity contribution in [3.63, 3.8) is 0 Å². The molecule has 1 aliphatic carbocycles. The van der Waals surface area contributed by atoms with E-state index in [0.717, 1.165) is 55.8 Å². The number of fused-ring (bicyclic) bond motifs is 2. The van der Waals surface area contributed by atoms with Gasteiger partial charge in [0, 0.05) is 23.6 Å². The van der Waals surface area contributed by atoms with Crippen LogP contribution in [0.15, 0.2) is 42.6 Å². The highest BCUT2D eigenvalue weighted by molar-refractivity contribution is 5.83. The van der Waals surface area contributed by atoms with E-state index in [1.807, 2.05) is 11.0 Å². The number of carbonyl (C=O) groups excluding carboxylic acids is 1. The number of para-hydroxylation sites is 1. The highest BCUT2D eigenvalue weighted by atomic mass is 16.5. The maximum absolute atomic E-state index is 11.8. The van der Waals surface area contributed by atoms with Crippen molar-refractivity contribution < 1.29 is 14.3 Å². The number of aryl methyl sites for hydroxylation is 1. The maximum atomic E-state index is 11.8. The molecule has 2 heterocycles. The van der Waals surface area contributed by atoms with Crippen molar-refractivity contribution in [2.45, 2.75) is 38.1 Å². The van der Waals surface area contributed by atoms with Gasteiger partial charge in [-0.1, -0.05) is 18.2 Å². The summed E-state index contributed by atoms with van der Waals surface area (Å²) in [6, 6.07) is 12.6. The van der Waals surface area contributed by atoms with Crippen molar-refractivity contribution in [3.8, 4) is 11.5 Å². The number of carbonyl (C=O) groups is 1. The van der Waals surface area contributed by atoms with Crippen molar-refractivity contribution in [2.75, 3.05) is 20.3 Å². The van der Waals surface area contributed by atoms with Crippen LogP contribution in [-0.4, -0.2) is 36.6 Å². The van der Waals surface area contributed by atoms with Gasteiger partial charge in [-0.25, -0.2) is 0 Å². The van der Waals surface area contributed by atoms with Gasteiger partial charge in [-0.15, -0.1) is 0 Å². The van der Waals surface area contributed by atoms with E-state index in [0.29, 0.717) is 5.92 Å². The molecule has 1 aromatic heterocycles. The minimum absolute atomic E-state index is 0.0501. The molecule has 3 aromatic rings. The predicted octanol–water partition coefficient (Wildman–Crippen LogP) is 4.65. The third-order valence-corrected chi connectivity index (χ3v) is 6.49. The Kier molecular flexibility index (Phi) is 5.11. The number of amides is 1. The van der Waals surface area contributed by atoms with E-state index in [9.17, 15) is 4.79 Å². The summed E-state index contributed by atoms with van der Waals surface area (Å²) in [6.45, 7) is 1.48. The number of H-pyrrole nitrogens is 1. The number of hydrogen-bond donors (Lipinski definition) is 1. The molecular weight excluding hydrogens is 376 g/mol. The van der Waals surface area contributed by atoms with Crippen LogP contribution in [0.4, 0.5) is 0 Å². The van der Waals surface area contributed by atoms with Crippen LogP contribution in [0.5, 0.6) is 11.5 Å². The van der Waals surface area contributed by atoms with E-state index in [1.54, 1.807) is 7.11 Å². The van der Waals surface area contributed by atoms with E-state index < -0.39 is 0 Å². The topological polar surface area (TPSA) is 54.6 Å². The quantitative estimate of drug-likeness (QED) is 0.556. The standard InChI is InChI=1S/C25H28N2O3/c1-29-24-12-18-10-11-27(16-28)23(21(18)13-25(24)30-15-17-6-7-17)9-8-19-14-26-22-5-3-2-4-20(19)22/h2-5,12-14,16-17,23,26H,6-11,15H2,1H3/t23-/m0/s1. The van der Waals surface area contributed by atoms with E-state index in [-0.39, 0.29) is 6.04 Å². The molecular formula is C25H28N2O3. The lowest BCUT2D eigenvalue weighted by Gasteiger charge is -2.35. The molecule has 1 fully saturated rings. The zero-order valence-electron chi connectivity index (χ0n) is 17.4. The van der Waals surface area contributed by atoms with Crippen LogP contribution in [0, 0.1) is 5.92 Å². The van der Waals surface area contributed by atoms with Crippen molar-refractivity contribution in [2.24, 2.45) is 5.92 Å². The Labute approximate surface area is 177 Å². The van der Waals surface area contributed by atoms with Gasteiger partial charge in [0.25, 0.3) is 0 Å². The van der Waals surface area contributed by atoms with Gasteiger partial charge in [-0.2, -0.15) is 0 Å². The number of nitrogens with zero attached hydrogens (tertiary/aromatic N) is 1. The Morgan fingerprint density at radius 3 is 2.87 bits per heavy atom. The molecule has 1 aliphatic heterocycles. The van der Waals surface area contributed by atoms with Gasteiger partial charge >= 0.3 is 0 Å². The molecule has 30 heavy (non-hydrogen) atoms. The van der Waals surface area contributed by atoms with Crippen LogP contribution in [0.3, 0.4) is 0 Å². The summed E-state index contributed by atoms with van der Waals surface area (Å²) >= 11 is 0. The lowest BCUT2D eigenvalue weighted by molar-refractivity contribution is -0.120. The Bertz CT molecular complexity index is 1050. The molecule has 1 N–H and O–H groups in total. The summed E-state index contributed by atoms with van der Waals surface area (Å²) in [4.78, 5) is 17.1. The number of hydrogen-bond acceptors (Lipinski definition) is 3. The van der Waals surface area contributed by atoms with E-state index in [2.05, 4.69) is 41.5 Å². The molecule has 2 aliphatic rings. The molecule has 5 rings (SSSR count).